The average Bonchev–Trinajstić information content (AvgIpc) is 3.02. The molecule has 0 spiro atoms. The molecule has 26 heavy (non-hydrogen) atoms. The number of benzene rings is 1. The van der Waals surface area contributed by atoms with Gasteiger partial charge in [0.05, 0.1) is 17.7 Å². The van der Waals surface area contributed by atoms with Gasteiger partial charge in [-0.2, -0.15) is 0 Å². The first-order chi connectivity index (χ1) is 12.5. The molecule has 0 fully saturated rings. The van der Waals surface area contributed by atoms with Gasteiger partial charge in [0.15, 0.2) is 5.13 Å². The van der Waals surface area contributed by atoms with E-state index in [9.17, 15) is 14.9 Å². The van der Waals surface area contributed by atoms with Crippen molar-refractivity contribution in [2.75, 3.05) is 12.4 Å². The smallest absolute Gasteiger partial charge is 0.282 e. The molecular weight excluding hydrogens is 354 g/mol. The van der Waals surface area contributed by atoms with E-state index >= 15 is 0 Å². The van der Waals surface area contributed by atoms with Crippen molar-refractivity contribution in [3.8, 4) is 5.75 Å². The predicted octanol–water partition coefficient (Wildman–Crippen LogP) is 4.22. The Kier molecular flexibility index (Phi) is 5.51. The third-order valence-corrected chi connectivity index (χ3v) is 5.64. The zero-order valence-electron chi connectivity index (χ0n) is 14.8. The molecule has 1 aromatic heterocycles. The molecule has 7 nitrogen and oxygen atoms in total. The zero-order valence-corrected chi connectivity index (χ0v) is 15.6. The van der Waals surface area contributed by atoms with Crippen LogP contribution in [-0.4, -0.2) is 22.9 Å². The van der Waals surface area contributed by atoms with Crippen molar-refractivity contribution in [1.29, 1.82) is 0 Å². The third kappa shape index (κ3) is 3.85. The Morgan fingerprint density at radius 1 is 1.50 bits per heavy atom. The third-order valence-electron chi connectivity index (χ3n) is 4.60. The van der Waals surface area contributed by atoms with Crippen LogP contribution in [0.15, 0.2) is 18.2 Å². The maximum absolute atomic E-state index is 12.6. The fourth-order valence-corrected chi connectivity index (χ4v) is 4.42. The van der Waals surface area contributed by atoms with Crippen molar-refractivity contribution in [2.24, 2.45) is 5.92 Å². The minimum Gasteiger partial charge on any atom is -0.497 e. The lowest BCUT2D eigenvalue weighted by Gasteiger charge is -2.19. The van der Waals surface area contributed by atoms with E-state index in [0.717, 1.165) is 25.0 Å². The van der Waals surface area contributed by atoms with Crippen LogP contribution < -0.4 is 10.1 Å². The number of methoxy groups -OCH3 is 1. The molecule has 1 unspecified atom stereocenters. The summed E-state index contributed by atoms with van der Waals surface area (Å²) in [6, 6.07) is 4.11. The Labute approximate surface area is 155 Å². The predicted molar refractivity (Wildman–Crippen MR) is 100 cm³/mol. The number of hydrogen-bond donors (Lipinski definition) is 1. The van der Waals surface area contributed by atoms with Crippen LogP contribution in [0.25, 0.3) is 0 Å². The first-order valence-corrected chi connectivity index (χ1v) is 9.45. The van der Waals surface area contributed by atoms with Crippen LogP contribution in [0.5, 0.6) is 5.75 Å². The van der Waals surface area contributed by atoms with E-state index in [-0.39, 0.29) is 11.3 Å². The van der Waals surface area contributed by atoms with Gasteiger partial charge in [0.2, 0.25) is 0 Å². The minimum atomic E-state index is -0.573. The number of carbonyl (C=O) groups is 1. The molecule has 0 saturated heterocycles. The molecule has 1 aliphatic rings. The van der Waals surface area contributed by atoms with Gasteiger partial charge in [-0.1, -0.05) is 19.8 Å². The number of nitrogens with zero attached hydrogens (tertiary/aromatic N) is 2. The van der Waals surface area contributed by atoms with Gasteiger partial charge in [0, 0.05) is 10.9 Å². The van der Waals surface area contributed by atoms with Gasteiger partial charge >= 0.3 is 0 Å². The van der Waals surface area contributed by atoms with Crippen molar-refractivity contribution in [1.82, 2.24) is 4.98 Å². The summed E-state index contributed by atoms with van der Waals surface area (Å²) in [5.41, 5.74) is 0.747. The lowest BCUT2D eigenvalue weighted by atomic mass is 9.88. The van der Waals surface area contributed by atoms with E-state index in [2.05, 4.69) is 17.2 Å². The molecule has 1 atom stereocenters. The average molecular weight is 375 g/mol. The van der Waals surface area contributed by atoms with Crippen LogP contribution in [-0.2, 0) is 12.8 Å². The lowest BCUT2D eigenvalue weighted by Crippen LogP contribution is -2.14. The van der Waals surface area contributed by atoms with Crippen molar-refractivity contribution >= 4 is 28.1 Å². The number of ether oxygens (including phenoxy) is 1. The highest BCUT2D eigenvalue weighted by Crippen LogP contribution is 2.34. The Morgan fingerprint density at radius 2 is 2.31 bits per heavy atom. The Hall–Kier alpha value is -2.48. The van der Waals surface area contributed by atoms with Crippen LogP contribution in [0.1, 0.15) is 47.1 Å². The molecule has 2 aromatic rings. The number of aromatic nitrogens is 1. The van der Waals surface area contributed by atoms with Gasteiger partial charge in [-0.25, -0.2) is 4.98 Å². The van der Waals surface area contributed by atoms with E-state index in [0.29, 0.717) is 16.8 Å². The second kappa shape index (κ2) is 7.82. The van der Waals surface area contributed by atoms with Gasteiger partial charge < -0.3 is 4.74 Å². The van der Waals surface area contributed by atoms with Gasteiger partial charge in [0.25, 0.3) is 11.6 Å². The number of nitrogens with one attached hydrogen (secondary N) is 1. The summed E-state index contributed by atoms with van der Waals surface area (Å²) in [6.45, 7) is 2.19. The molecule has 1 amide bonds. The molecule has 0 bridgehead atoms. The summed E-state index contributed by atoms with van der Waals surface area (Å²) in [7, 11) is 1.45. The number of nitro groups is 1. The van der Waals surface area contributed by atoms with Gasteiger partial charge in [-0.05, 0) is 37.3 Å². The van der Waals surface area contributed by atoms with Gasteiger partial charge in [-0.15, -0.1) is 11.3 Å². The molecule has 3 rings (SSSR count). The summed E-state index contributed by atoms with van der Waals surface area (Å²) >= 11 is 1.47. The first kappa shape index (κ1) is 18.3. The molecular formula is C18H21N3O4S. The number of anilines is 1. The molecule has 8 heteroatoms. The maximum Gasteiger partial charge on any atom is 0.282 e. The number of hydrogen-bond acceptors (Lipinski definition) is 6. The molecule has 0 saturated carbocycles. The molecule has 1 aromatic carbocycles. The molecule has 138 valence electrons. The highest BCUT2D eigenvalue weighted by molar-refractivity contribution is 7.15. The van der Waals surface area contributed by atoms with E-state index in [4.69, 9.17) is 4.74 Å². The number of amides is 1. The fourth-order valence-electron chi connectivity index (χ4n) is 3.30. The second-order valence-electron chi connectivity index (χ2n) is 6.38. The fraction of sp³-hybridized carbons (Fsp3) is 0.444. The Bertz CT molecular complexity index is 834. The molecule has 1 aliphatic carbocycles. The Morgan fingerprint density at radius 3 is 3.00 bits per heavy atom. The van der Waals surface area contributed by atoms with Crippen molar-refractivity contribution in [3.05, 3.63) is 44.4 Å². The van der Waals surface area contributed by atoms with Crippen LogP contribution in [0, 0.1) is 16.0 Å². The number of fused-ring (bicyclic) bond motifs is 1. The monoisotopic (exact) mass is 375 g/mol. The molecule has 0 radical (unpaired) electrons. The molecule has 0 aliphatic heterocycles. The first-order valence-electron chi connectivity index (χ1n) is 8.64. The van der Waals surface area contributed by atoms with Crippen molar-refractivity contribution < 1.29 is 14.5 Å². The van der Waals surface area contributed by atoms with Crippen LogP contribution in [0.3, 0.4) is 0 Å². The van der Waals surface area contributed by atoms with Crippen LogP contribution >= 0.6 is 11.3 Å². The largest absolute Gasteiger partial charge is 0.497 e. The SMILES string of the molecule is CCCC1CCc2nc(NC(=O)c3cc(OC)ccc3[N+](=O)[O-])sc2C1. The van der Waals surface area contributed by atoms with Crippen molar-refractivity contribution in [3.63, 3.8) is 0 Å². The number of aryl methyl sites for hydroxylation is 1. The normalized spacial score (nSPS) is 16.0. The summed E-state index contributed by atoms with van der Waals surface area (Å²) < 4.78 is 5.08. The van der Waals surface area contributed by atoms with E-state index < -0.39 is 10.8 Å². The van der Waals surface area contributed by atoms with Gasteiger partial charge in [-0.3, -0.25) is 20.2 Å². The quantitative estimate of drug-likeness (QED) is 0.603. The van der Waals surface area contributed by atoms with Crippen LogP contribution in [0.2, 0.25) is 0 Å². The molecule has 1 heterocycles. The number of rotatable bonds is 6. The Balaban J connectivity index is 1.80. The molecule has 1 N–H and O–H groups in total. The summed E-state index contributed by atoms with van der Waals surface area (Å²) in [5, 5.41) is 14.4. The number of carbonyl (C=O) groups excluding carboxylic acids is 1. The number of thiazole rings is 1. The summed E-state index contributed by atoms with van der Waals surface area (Å²) in [5.74, 6) is 0.518. The van der Waals surface area contributed by atoms with Gasteiger partial charge in [0.1, 0.15) is 11.3 Å². The van der Waals surface area contributed by atoms with E-state index in [1.54, 1.807) is 0 Å². The minimum absolute atomic E-state index is 0.0358. The zero-order chi connectivity index (χ0) is 18.7. The lowest BCUT2D eigenvalue weighted by molar-refractivity contribution is -0.385. The van der Waals surface area contributed by atoms with Crippen molar-refractivity contribution in [2.45, 2.75) is 39.0 Å². The summed E-state index contributed by atoms with van der Waals surface area (Å²) in [6.07, 6.45) is 5.41. The highest BCUT2D eigenvalue weighted by Gasteiger charge is 2.25. The second-order valence-corrected chi connectivity index (χ2v) is 7.46. The maximum atomic E-state index is 12.6. The number of nitro benzene ring substituents is 1. The standard InChI is InChI=1S/C18H21N3O4S/c1-3-4-11-5-7-14-16(9-11)26-18(19-14)20-17(22)13-10-12(25-2)6-8-15(13)21(23)24/h6,8,10-11H,3-5,7,9H2,1-2H3,(H,19,20,22). The topological polar surface area (TPSA) is 94.4 Å². The summed E-state index contributed by atoms with van der Waals surface area (Å²) in [4.78, 5) is 28.9. The highest BCUT2D eigenvalue weighted by atomic mass is 32.1. The van der Waals surface area contributed by atoms with E-state index in [1.165, 1.54) is 54.4 Å². The van der Waals surface area contributed by atoms with Crippen LogP contribution in [0.4, 0.5) is 10.8 Å². The van der Waals surface area contributed by atoms with E-state index in [1.807, 2.05) is 0 Å².